The molecule has 2 aromatic rings. The summed E-state index contributed by atoms with van der Waals surface area (Å²) in [5.74, 6) is 0.125. The van der Waals surface area contributed by atoms with Crippen molar-refractivity contribution in [1.29, 1.82) is 0 Å². The highest BCUT2D eigenvalue weighted by Gasteiger charge is 2.06. The monoisotopic (exact) mass is 317 g/mol. The second-order valence-electron chi connectivity index (χ2n) is 3.97. The molecule has 0 unspecified atom stereocenters. The topological polar surface area (TPSA) is 21.3 Å². The zero-order valence-electron chi connectivity index (χ0n) is 10.2. The van der Waals surface area contributed by atoms with Crippen LogP contribution in [-0.2, 0) is 6.54 Å². The Kier molecular flexibility index (Phi) is 5.04. The van der Waals surface area contributed by atoms with Gasteiger partial charge in [-0.25, -0.2) is 0 Å². The molecule has 1 N–H and O–H groups in total. The Morgan fingerprint density at radius 2 is 1.60 bits per heavy atom. The van der Waals surface area contributed by atoms with Crippen molar-refractivity contribution < 1.29 is 13.5 Å². The smallest absolute Gasteiger partial charge is 0.387 e. The third kappa shape index (κ3) is 3.99. The van der Waals surface area contributed by atoms with Gasteiger partial charge in [0.25, 0.3) is 0 Å². The van der Waals surface area contributed by atoms with Gasteiger partial charge in [0, 0.05) is 6.54 Å². The molecule has 0 aliphatic rings. The Hall–Kier alpha value is -1.52. The molecule has 0 atom stereocenters. The molecule has 20 heavy (non-hydrogen) atoms. The number of ether oxygens (including phenoxy) is 1. The molecule has 0 bridgehead atoms. The lowest BCUT2D eigenvalue weighted by Crippen LogP contribution is -2.03. The molecule has 0 spiro atoms. The predicted octanol–water partition coefficient (Wildman–Crippen LogP) is 5.21. The summed E-state index contributed by atoms with van der Waals surface area (Å²) in [7, 11) is 0. The van der Waals surface area contributed by atoms with Crippen LogP contribution in [0.25, 0.3) is 0 Å². The number of rotatable bonds is 5. The Labute approximate surface area is 125 Å². The van der Waals surface area contributed by atoms with Crippen LogP contribution < -0.4 is 10.1 Å². The fourth-order valence-corrected chi connectivity index (χ4v) is 2.18. The van der Waals surface area contributed by atoms with E-state index in [-0.39, 0.29) is 5.75 Å². The summed E-state index contributed by atoms with van der Waals surface area (Å²) < 4.78 is 28.3. The minimum atomic E-state index is -2.82. The molecule has 0 aliphatic heterocycles. The maximum absolute atomic E-state index is 12.0. The van der Waals surface area contributed by atoms with E-state index in [1.165, 1.54) is 12.1 Å². The van der Waals surface area contributed by atoms with E-state index >= 15 is 0 Å². The van der Waals surface area contributed by atoms with Crippen molar-refractivity contribution in [1.82, 2.24) is 0 Å². The molecule has 0 radical (unpaired) electrons. The summed E-state index contributed by atoms with van der Waals surface area (Å²) in [4.78, 5) is 0. The van der Waals surface area contributed by atoms with Gasteiger partial charge in [0.1, 0.15) is 5.75 Å². The molecular formula is C14H11Cl2F2NO. The van der Waals surface area contributed by atoms with Gasteiger partial charge >= 0.3 is 6.61 Å². The number of benzene rings is 2. The number of hydrogen-bond acceptors (Lipinski definition) is 2. The second-order valence-corrected chi connectivity index (χ2v) is 4.79. The molecule has 2 rings (SSSR count). The highest BCUT2D eigenvalue weighted by atomic mass is 35.5. The zero-order valence-corrected chi connectivity index (χ0v) is 11.8. The summed E-state index contributed by atoms with van der Waals surface area (Å²) in [5.41, 5.74) is 1.53. The van der Waals surface area contributed by atoms with Crippen molar-refractivity contribution >= 4 is 28.9 Å². The van der Waals surface area contributed by atoms with Crippen LogP contribution >= 0.6 is 23.2 Å². The van der Waals surface area contributed by atoms with Crippen LogP contribution in [0.4, 0.5) is 14.5 Å². The number of nitrogens with one attached hydrogen (secondary N) is 1. The highest BCUT2D eigenvalue weighted by Crippen LogP contribution is 2.30. The van der Waals surface area contributed by atoms with E-state index in [0.717, 1.165) is 5.56 Å². The fourth-order valence-electron chi connectivity index (χ4n) is 1.65. The molecule has 0 saturated heterocycles. The van der Waals surface area contributed by atoms with Crippen molar-refractivity contribution in [2.75, 3.05) is 5.32 Å². The molecule has 0 aromatic heterocycles. The van der Waals surface area contributed by atoms with E-state index in [2.05, 4.69) is 10.1 Å². The first-order valence-corrected chi connectivity index (χ1v) is 6.53. The van der Waals surface area contributed by atoms with Gasteiger partial charge < -0.3 is 10.1 Å². The van der Waals surface area contributed by atoms with Crippen molar-refractivity contribution in [3.05, 3.63) is 58.1 Å². The standard InChI is InChI=1S/C14H11Cl2F2NO/c15-11-2-1-3-12(16)13(11)19-8-9-4-6-10(7-5-9)20-14(17)18/h1-7,14,19H,8H2. The maximum Gasteiger partial charge on any atom is 0.387 e. The summed E-state index contributed by atoms with van der Waals surface area (Å²) in [6.45, 7) is -2.35. The maximum atomic E-state index is 12.0. The normalized spacial score (nSPS) is 10.7. The lowest BCUT2D eigenvalue weighted by molar-refractivity contribution is -0.0498. The molecule has 2 nitrogen and oxygen atoms in total. The van der Waals surface area contributed by atoms with Crippen LogP contribution in [0.5, 0.6) is 5.75 Å². The van der Waals surface area contributed by atoms with Crippen LogP contribution in [0.3, 0.4) is 0 Å². The minimum absolute atomic E-state index is 0.125. The second kappa shape index (κ2) is 6.77. The van der Waals surface area contributed by atoms with E-state index in [4.69, 9.17) is 23.2 Å². The zero-order chi connectivity index (χ0) is 14.5. The SMILES string of the molecule is FC(F)Oc1ccc(CNc2c(Cl)cccc2Cl)cc1. The molecule has 0 heterocycles. The van der Waals surface area contributed by atoms with Gasteiger partial charge in [0.05, 0.1) is 15.7 Å². The molecular weight excluding hydrogens is 307 g/mol. The molecule has 6 heteroatoms. The van der Waals surface area contributed by atoms with Crippen LogP contribution in [0, 0.1) is 0 Å². The average Bonchev–Trinajstić information content (AvgIpc) is 2.39. The minimum Gasteiger partial charge on any atom is -0.435 e. The van der Waals surface area contributed by atoms with E-state index in [1.54, 1.807) is 30.3 Å². The Balaban J connectivity index is 2.00. The van der Waals surface area contributed by atoms with E-state index < -0.39 is 6.61 Å². The number of para-hydroxylation sites is 1. The van der Waals surface area contributed by atoms with Crippen LogP contribution in [0.1, 0.15) is 5.56 Å². The van der Waals surface area contributed by atoms with Gasteiger partial charge in [-0.1, -0.05) is 41.4 Å². The number of anilines is 1. The molecule has 0 aliphatic carbocycles. The van der Waals surface area contributed by atoms with E-state index in [1.807, 2.05) is 0 Å². The predicted molar refractivity (Wildman–Crippen MR) is 76.9 cm³/mol. The Bertz CT molecular complexity index is 556. The van der Waals surface area contributed by atoms with E-state index in [9.17, 15) is 8.78 Å². The van der Waals surface area contributed by atoms with Crippen molar-refractivity contribution in [2.24, 2.45) is 0 Å². The molecule has 0 amide bonds. The Morgan fingerprint density at radius 1 is 1.00 bits per heavy atom. The third-order valence-electron chi connectivity index (χ3n) is 2.58. The largest absolute Gasteiger partial charge is 0.435 e. The van der Waals surface area contributed by atoms with Crippen LogP contribution in [0.2, 0.25) is 10.0 Å². The molecule has 106 valence electrons. The first-order chi connectivity index (χ1) is 9.56. The van der Waals surface area contributed by atoms with Gasteiger partial charge in [-0.2, -0.15) is 8.78 Å². The molecule has 0 saturated carbocycles. The number of halogens is 4. The van der Waals surface area contributed by atoms with E-state index in [0.29, 0.717) is 22.3 Å². The first-order valence-electron chi connectivity index (χ1n) is 5.78. The summed E-state index contributed by atoms with van der Waals surface area (Å²) in [5, 5.41) is 4.15. The summed E-state index contributed by atoms with van der Waals surface area (Å²) >= 11 is 12.1. The van der Waals surface area contributed by atoms with Gasteiger partial charge in [-0.15, -0.1) is 0 Å². The van der Waals surface area contributed by atoms with Crippen LogP contribution in [0.15, 0.2) is 42.5 Å². The van der Waals surface area contributed by atoms with Crippen molar-refractivity contribution in [3.63, 3.8) is 0 Å². The lowest BCUT2D eigenvalue weighted by Gasteiger charge is -2.11. The summed E-state index contributed by atoms with van der Waals surface area (Å²) in [6, 6.07) is 11.6. The molecule has 0 fully saturated rings. The summed E-state index contributed by atoms with van der Waals surface area (Å²) in [6.07, 6.45) is 0. The Morgan fingerprint density at radius 3 is 2.15 bits per heavy atom. The van der Waals surface area contributed by atoms with Crippen LogP contribution in [-0.4, -0.2) is 6.61 Å². The lowest BCUT2D eigenvalue weighted by atomic mass is 10.2. The fraction of sp³-hybridized carbons (Fsp3) is 0.143. The van der Waals surface area contributed by atoms with Gasteiger partial charge in [0.15, 0.2) is 0 Å². The van der Waals surface area contributed by atoms with Crippen molar-refractivity contribution in [2.45, 2.75) is 13.2 Å². The van der Waals surface area contributed by atoms with Crippen molar-refractivity contribution in [3.8, 4) is 5.75 Å². The number of alkyl halides is 2. The highest BCUT2D eigenvalue weighted by molar-refractivity contribution is 6.39. The molecule has 2 aromatic carbocycles. The van der Waals surface area contributed by atoms with Gasteiger partial charge in [0.2, 0.25) is 0 Å². The number of hydrogen-bond donors (Lipinski definition) is 1. The van der Waals surface area contributed by atoms with Gasteiger partial charge in [-0.3, -0.25) is 0 Å². The average molecular weight is 318 g/mol. The van der Waals surface area contributed by atoms with Gasteiger partial charge in [-0.05, 0) is 29.8 Å². The first kappa shape index (κ1) is 14.9. The quantitative estimate of drug-likeness (QED) is 0.817. The third-order valence-corrected chi connectivity index (χ3v) is 3.21.